The monoisotopic (exact) mass is 581 g/mol. The summed E-state index contributed by atoms with van der Waals surface area (Å²) in [5.74, 6) is -0.801. The topological polar surface area (TPSA) is 75.8 Å². The molecular weight excluding hydrogens is 569 g/mol. The van der Waals surface area contributed by atoms with Crippen LogP contribution in [0.5, 0.6) is 0 Å². The number of aryl methyl sites for hydroxylation is 1. The number of rotatable bonds is 4. The minimum atomic E-state index is -4.67. The van der Waals surface area contributed by atoms with Crippen molar-refractivity contribution in [1.29, 1.82) is 5.26 Å². The lowest BCUT2D eigenvalue weighted by Gasteiger charge is -2.46. The summed E-state index contributed by atoms with van der Waals surface area (Å²) < 4.78 is 64.9. The Kier molecular flexibility index (Phi) is 6.61. The van der Waals surface area contributed by atoms with E-state index in [4.69, 9.17) is 46.4 Å². The minimum Gasteiger partial charge on any atom is -0.236 e. The molecule has 1 heterocycles. The van der Waals surface area contributed by atoms with Crippen LogP contribution in [0.15, 0.2) is 47.5 Å². The van der Waals surface area contributed by atoms with E-state index in [1.807, 2.05) is 6.07 Å². The molecule has 13 heteroatoms. The van der Waals surface area contributed by atoms with Gasteiger partial charge in [0.2, 0.25) is 0 Å². The Bertz CT molecular complexity index is 1460. The maximum Gasteiger partial charge on any atom is 0.416 e. The Balaban J connectivity index is 1.72. The Morgan fingerprint density at radius 3 is 2.29 bits per heavy atom. The molecule has 0 amide bonds. The first-order chi connectivity index (χ1) is 16.2. The van der Waals surface area contributed by atoms with Crippen LogP contribution in [0.2, 0.25) is 10.0 Å². The molecule has 0 N–H and O–H groups in total. The highest BCUT2D eigenvalue weighted by atomic mass is 35.5. The maximum absolute atomic E-state index is 13.2. The number of alkyl halides is 5. The zero-order valence-electron chi connectivity index (χ0n) is 17.6. The SMILES string of the molecule is Cc1ccccc1S(=O)(=O)C1CC(c2cn(-c3c(Cl)cc(C(F)(F)F)cc3Cl)nc2C#N)C1(Cl)Cl. The lowest BCUT2D eigenvalue weighted by molar-refractivity contribution is -0.137. The number of hydrogen-bond acceptors (Lipinski definition) is 4. The van der Waals surface area contributed by atoms with Crippen LogP contribution >= 0.6 is 46.4 Å². The summed E-state index contributed by atoms with van der Waals surface area (Å²) in [7, 11) is -3.90. The van der Waals surface area contributed by atoms with E-state index in [0.717, 1.165) is 4.68 Å². The van der Waals surface area contributed by atoms with Gasteiger partial charge in [-0.15, -0.1) is 0 Å². The van der Waals surface area contributed by atoms with Crippen LogP contribution in [0.1, 0.15) is 34.7 Å². The van der Waals surface area contributed by atoms with Gasteiger partial charge in [-0.05, 0) is 37.1 Å². The van der Waals surface area contributed by atoms with Crippen LogP contribution in [0.25, 0.3) is 5.69 Å². The third-order valence-corrected chi connectivity index (χ3v) is 10.2. The summed E-state index contributed by atoms with van der Waals surface area (Å²) in [6, 6.07) is 9.68. The molecule has 1 aromatic heterocycles. The average molecular weight is 583 g/mol. The van der Waals surface area contributed by atoms with Crippen molar-refractivity contribution in [3.8, 4) is 11.8 Å². The fourth-order valence-electron chi connectivity index (χ4n) is 4.08. The molecule has 0 bridgehead atoms. The Hall–Kier alpha value is -1.96. The Morgan fingerprint density at radius 2 is 1.77 bits per heavy atom. The molecule has 0 spiro atoms. The van der Waals surface area contributed by atoms with Crippen molar-refractivity contribution in [3.05, 3.63) is 75.0 Å². The lowest BCUT2D eigenvalue weighted by Crippen LogP contribution is -2.54. The summed E-state index contributed by atoms with van der Waals surface area (Å²) >= 11 is 25.2. The van der Waals surface area contributed by atoms with Gasteiger partial charge in [0, 0.05) is 17.7 Å². The second kappa shape index (κ2) is 8.86. The standard InChI is InChI=1S/C22H14Cl4F3N3O2S/c1-11-4-2-3-5-18(11)35(33,34)19-8-14(21(19,25)26)13-10-32(31-17(13)9-30)20-15(23)6-12(7-16(20)24)22(27,28)29/h2-7,10,14,19H,8H2,1H3. The first-order valence-electron chi connectivity index (χ1n) is 9.93. The van der Waals surface area contributed by atoms with E-state index in [1.54, 1.807) is 25.1 Å². The molecule has 2 atom stereocenters. The first kappa shape index (κ1) is 26.1. The van der Waals surface area contributed by atoms with E-state index in [2.05, 4.69) is 5.10 Å². The van der Waals surface area contributed by atoms with Gasteiger partial charge in [-0.2, -0.15) is 23.5 Å². The van der Waals surface area contributed by atoms with E-state index in [9.17, 15) is 26.9 Å². The second-order valence-corrected chi connectivity index (χ2v) is 12.4. The molecule has 3 aromatic rings. The Labute approximate surface area is 218 Å². The van der Waals surface area contributed by atoms with E-state index in [1.165, 1.54) is 12.3 Å². The predicted molar refractivity (Wildman–Crippen MR) is 127 cm³/mol. The summed E-state index contributed by atoms with van der Waals surface area (Å²) in [6.45, 7) is 1.66. The van der Waals surface area contributed by atoms with Crippen molar-refractivity contribution >= 4 is 56.2 Å². The number of nitrogens with zero attached hydrogens (tertiary/aromatic N) is 3. The zero-order valence-corrected chi connectivity index (χ0v) is 21.5. The number of halogens is 7. The zero-order chi connectivity index (χ0) is 25.9. The molecule has 0 aliphatic heterocycles. The third-order valence-electron chi connectivity index (χ3n) is 5.92. The fraction of sp³-hybridized carbons (Fsp3) is 0.273. The summed E-state index contributed by atoms with van der Waals surface area (Å²) in [5.41, 5.74) is -0.507. The molecule has 4 rings (SSSR count). The Morgan fingerprint density at radius 1 is 1.17 bits per heavy atom. The van der Waals surface area contributed by atoms with E-state index >= 15 is 0 Å². The van der Waals surface area contributed by atoms with E-state index < -0.39 is 37.1 Å². The normalized spacial score (nSPS) is 19.7. The molecule has 1 fully saturated rings. The van der Waals surface area contributed by atoms with Gasteiger partial charge in [-0.25, -0.2) is 13.1 Å². The predicted octanol–water partition coefficient (Wildman–Crippen LogP) is 6.88. The minimum absolute atomic E-state index is 0.00147. The highest BCUT2D eigenvalue weighted by Gasteiger charge is 2.60. The largest absolute Gasteiger partial charge is 0.416 e. The van der Waals surface area contributed by atoms with Gasteiger partial charge in [0.25, 0.3) is 0 Å². The quantitative estimate of drug-likeness (QED) is 0.314. The van der Waals surface area contributed by atoms with Crippen molar-refractivity contribution < 1.29 is 21.6 Å². The van der Waals surface area contributed by atoms with Gasteiger partial charge in [0.15, 0.2) is 15.5 Å². The molecule has 1 saturated carbocycles. The maximum atomic E-state index is 13.2. The van der Waals surface area contributed by atoms with Crippen molar-refractivity contribution in [2.24, 2.45) is 0 Å². The highest BCUT2D eigenvalue weighted by Crippen LogP contribution is 2.58. The fourth-order valence-corrected chi connectivity index (χ4v) is 8.15. The highest BCUT2D eigenvalue weighted by molar-refractivity contribution is 7.92. The molecule has 1 aliphatic carbocycles. The summed E-state index contributed by atoms with van der Waals surface area (Å²) in [5, 5.41) is 11.8. The van der Waals surface area contributed by atoms with Crippen LogP contribution < -0.4 is 0 Å². The number of hydrogen-bond donors (Lipinski definition) is 0. The molecule has 1 aliphatic rings. The molecule has 2 aromatic carbocycles. The van der Waals surface area contributed by atoms with E-state index in [0.29, 0.717) is 17.7 Å². The number of aromatic nitrogens is 2. The number of benzene rings is 2. The summed E-state index contributed by atoms with van der Waals surface area (Å²) in [6.07, 6.45) is -3.35. The van der Waals surface area contributed by atoms with Crippen molar-refractivity contribution in [2.75, 3.05) is 0 Å². The van der Waals surface area contributed by atoms with Crippen molar-refractivity contribution in [2.45, 2.75) is 39.9 Å². The third kappa shape index (κ3) is 4.40. The lowest BCUT2D eigenvalue weighted by atomic mass is 9.78. The smallest absolute Gasteiger partial charge is 0.236 e. The van der Waals surface area contributed by atoms with Crippen LogP contribution in [-0.2, 0) is 16.0 Å². The van der Waals surface area contributed by atoms with E-state index in [-0.39, 0.29) is 38.3 Å². The molecule has 2 unspecified atom stereocenters. The summed E-state index contributed by atoms with van der Waals surface area (Å²) in [4.78, 5) is 0.105. The molecule has 5 nitrogen and oxygen atoms in total. The van der Waals surface area contributed by atoms with Gasteiger partial charge in [0.05, 0.1) is 20.5 Å². The van der Waals surface area contributed by atoms with Crippen LogP contribution in [0.3, 0.4) is 0 Å². The van der Waals surface area contributed by atoms with Gasteiger partial charge >= 0.3 is 6.18 Å². The van der Waals surface area contributed by atoms with Gasteiger partial charge in [-0.3, -0.25) is 0 Å². The molecule has 0 radical (unpaired) electrons. The van der Waals surface area contributed by atoms with Gasteiger partial charge < -0.3 is 0 Å². The molecule has 35 heavy (non-hydrogen) atoms. The van der Waals surface area contributed by atoms with Crippen LogP contribution in [0, 0.1) is 18.3 Å². The second-order valence-electron chi connectivity index (χ2n) is 8.04. The average Bonchev–Trinajstić information content (AvgIpc) is 3.14. The van der Waals surface area contributed by atoms with Crippen LogP contribution in [0.4, 0.5) is 13.2 Å². The molecular formula is C22H14Cl4F3N3O2S. The van der Waals surface area contributed by atoms with Crippen molar-refractivity contribution in [3.63, 3.8) is 0 Å². The van der Waals surface area contributed by atoms with Gasteiger partial charge in [-0.1, -0.05) is 64.6 Å². The van der Waals surface area contributed by atoms with Crippen LogP contribution in [-0.4, -0.2) is 27.8 Å². The molecule has 184 valence electrons. The molecule has 0 saturated heterocycles. The number of nitriles is 1. The number of sulfone groups is 1. The van der Waals surface area contributed by atoms with Gasteiger partial charge in [0.1, 0.15) is 21.3 Å². The van der Waals surface area contributed by atoms with Crippen molar-refractivity contribution in [1.82, 2.24) is 9.78 Å². The first-order valence-corrected chi connectivity index (χ1v) is 13.0.